The predicted octanol–water partition coefficient (Wildman–Crippen LogP) is 8.98. The van der Waals surface area contributed by atoms with Crippen molar-refractivity contribution in [2.45, 2.75) is 140 Å². The number of ether oxygens (including phenoxy) is 1. The third-order valence-corrected chi connectivity index (χ3v) is 11.8. The fourth-order valence-corrected chi connectivity index (χ4v) is 8.56. The van der Waals surface area contributed by atoms with Crippen LogP contribution in [0.1, 0.15) is 124 Å². The number of nitrogens with zero attached hydrogens (tertiary/aromatic N) is 3. The Balaban J connectivity index is 1.45. The Hall–Kier alpha value is -3.64. The number of unbranched alkanes of at least 4 members (excludes halogenated alkanes) is 15. The number of anilines is 1. The molecule has 1 fully saturated rings. The molecule has 0 bridgehead atoms. The zero-order valence-corrected chi connectivity index (χ0v) is 32.8. The van der Waals surface area contributed by atoms with Crippen LogP contribution in [0.4, 0.5) is 16.2 Å². The van der Waals surface area contributed by atoms with Gasteiger partial charge in [0.05, 0.1) is 18.5 Å². The Morgan fingerprint density at radius 1 is 0.885 bits per heavy atom. The summed E-state index contributed by atoms with van der Waals surface area (Å²) in [6.07, 6.45) is 18.8. The topological polar surface area (TPSA) is 137 Å². The first-order valence-corrected chi connectivity index (χ1v) is 20.7. The lowest BCUT2D eigenvalue weighted by molar-refractivity contribution is -0.134. The van der Waals surface area contributed by atoms with Gasteiger partial charge in [0.15, 0.2) is 11.9 Å². The van der Waals surface area contributed by atoms with E-state index in [4.69, 9.17) is 16.3 Å². The zero-order valence-electron chi connectivity index (χ0n) is 31.2. The molecule has 2 N–H and O–H groups in total. The van der Waals surface area contributed by atoms with Gasteiger partial charge in [-0.1, -0.05) is 127 Å². The van der Waals surface area contributed by atoms with E-state index < -0.39 is 39.4 Å². The molecule has 1 unspecified atom stereocenters. The van der Waals surface area contributed by atoms with Crippen molar-refractivity contribution in [3.8, 4) is 5.75 Å². The average molecular weight is 758 g/mol. The number of carbonyl (C=O) groups excluding carboxylic acids is 3. The highest BCUT2D eigenvalue weighted by Gasteiger charge is 2.53. The van der Waals surface area contributed by atoms with Crippen LogP contribution in [0.15, 0.2) is 52.4 Å². The largest absolute Gasteiger partial charge is 0.495 e. The van der Waals surface area contributed by atoms with Crippen molar-refractivity contribution in [1.29, 1.82) is 0 Å². The molecule has 4 amide bonds. The summed E-state index contributed by atoms with van der Waals surface area (Å²) in [5.74, 6) is -1.51. The third kappa shape index (κ3) is 10.5. The number of hydrogen-bond acceptors (Lipinski definition) is 7. The number of sulfonamides is 1. The second-order valence-corrected chi connectivity index (χ2v) is 16.6. The standard InChI is InChI=1S/C39H56ClN5O6S/c1-5-6-7-8-9-10-11-12-13-14-15-16-17-18-19-22-27-44-35(41-30-23-20-21-24-33(30)52(44,49)50)34(45-37(47)39(2,3)43-38(45)48)36(46)42-31-28-29(40)25-26-32(31)51-4/h20-21,23-26,28,34H,5-19,22,27H2,1-4H3,(H,42,46)(H,43,48). The molecule has 2 heterocycles. The molecule has 0 aromatic heterocycles. The van der Waals surface area contributed by atoms with Crippen LogP contribution in [-0.2, 0) is 19.6 Å². The van der Waals surface area contributed by atoms with Gasteiger partial charge in [0.2, 0.25) is 0 Å². The van der Waals surface area contributed by atoms with Gasteiger partial charge in [-0.05, 0) is 50.6 Å². The minimum atomic E-state index is -4.21. The van der Waals surface area contributed by atoms with Crippen molar-refractivity contribution >= 4 is 56.7 Å². The number of halogens is 1. The van der Waals surface area contributed by atoms with Crippen LogP contribution in [0.25, 0.3) is 0 Å². The van der Waals surface area contributed by atoms with E-state index in [-0.39, 0.29) is 34.4 Å². The van der Waals surface area contributed by atoms with E-state index >= 15 is 0 Å². The number of amides is 4. The number of carbonyl (C=O) groups is 3. The quantitative estimate of drug-likeness (QED) is 0.0909. The fraction of sp³-hybridized carbons (Fsp3) is 0.590. The van der Waals surface area contributed by atoms with Gasteiger partial charge >= 0.3 is 6.03 Å². The fourth-order valence-electron chi connectivity index (χ4n) is 6.76. The molecular formula is C39H56ClN5O6S. The van der Waals surface area contributed by atoms with Crippen molar-refractivity contribution in [1.82, 2.24) is 14.5 Å². The molecule has 0 radical (unpaired) electrons. The maximum Gasteiger partial charge on any atom is 0.326 e. The van der Waals surface area contributed by atoms with Crippen LogP contribution in [0.5, 0.6) is 5.75 Å². The monoisotopic (exact) mass is 757 g/mol. The van der Waals surface area contributed by atoms with Crippen molar-refractivity contribution in [3.05, 3.63) is 47.5 Å². The Morgan fingerprint density at radius 2 is 1.44 bits per heavy atom. The van der Waals surface area contributed by atoms with Crippen LogP contribution in [0.2, 0.25) is 5.02 Å². The molecule has 11 nitrogen and oxygen atoms in total. The average Bonchev–Trinajstić information content (AvgIpc) is 3.30. The molecule has 4 rings (SSSR count). The van der Waals surface area contributed by atoms with E-state index in [0.717, 1.165) is 34.9 Å². The number of nitrogens with one attached hydrogen (secondary N) is 2. The Kier molecular flexibility index (Phi) is 15.4. The van der Waals surface area contributed by atoms with Gasteiger partial charge in [-0.15, -0.1) is 0 Å². The molecule has 52 heavy (non-hydrogen) atoms. The third-order valence-electron chi connectivity index (χ3n) is 9.70. The molecule has 0 saturated carbocycles. The molecule has 1 atom stereocenters. The number of rotatable bonds is 22. The molecule has 0 spiro atoms. The Bertz CT molecular complexity index is 1680. The highest BCUT2D eigenvalue weighted by Crippen LogP contribution is 2.36. The van der Waals surface area contributed by atoms with E-state index in [1.165, 1.54) is 110 Å². The number of methoxy groups -OCH3 is 1. The minimum absolute atomic E-state index is 0.0107. The smallest absolute Gasteiger partial charge is 0.326 e. The zero-order chi connectivity index (χ0) is 37.7. The first-order valence-electron chi connectivity index (χ1n) is 18.9. The molecule has 286 valence electrons. The van der Waals surface area contributed by atoms with Crippen molar-refractivity contribution < 1.29 is 27.5 Å². The summed E-state index contributed by atoms with van der Waals surface area (Å²) in [5.41, 5.74) is -1.04. The number of aliphatic imine (C=N–C) groups is 1. The van der Waals surface area contributed by atoms with E-state index in [2.05, 4.69) is 22.5 Å². The van der Waals surface area contributed by atoms with Crippen LogP contribution in [-0.4, -0.2) is 66.5 Å². The summed E-state index contributed by atoms with van der Waals surface area (Å²) < 4.78 is 34.9. The van der Waals surface area contributed by atoms with Crippen LogP contribution in [0.3, 0.4) is 0 Å². The second kappa shape index (κ2) is 19.4. The lowest BCUT2D eigenvalue weighted by atomic mass is 10.0. The highest BCUT2D eigenvalue weighted by atomic mass is 35.5. The second-order valence-electron chi connectivity index (χ2n) is 14.3. The van der Waals surface area contributed by atoms with Gasteiger partial charge in [0, 0.05) is 11.6 Å². The summed E-state index contributed by atoms with van der Waals surface area (Å²) in [4.78, 5) is 46.8. The van der Waals surface area contributed by atoms with Crippen LogP contribution >= 0.6 is 11.6 Å². The van der Waals surface area contributed by atoms with E-state index in [9.17, 15) is 22.8 Å². The van der Waals surface area contributed by atoms with Crippen LogP contribution in [0, 0.1) is 0 Å². The van der Waals surface area contributed by atoms with E-state index in [0.29, 0.717) is 11.4 Å². The molecular weight excluding hydrogens is 702 g/mol. The number of imide groups is 1. The number of benzene rings is 2. The number of urea groups is 1. The molecule has 1 saturated heterocycles. The van der Waals surface area contributed by atoms with Gasteiger partial charge in [-0.3, -0.25) is 13.9 Å². The van der Waals surface area contributed by atoms with E-state index in [1.807, 2.05) is 0 Å². The summed E-state index contributed by atoms with van der Waals surface area (Å²) >= 11 is 6.22. The minimum Gasteiger partial charge on any atom is -0.495 e. The first kappa shape index (κ1) is 41.1. The number of amidine groups is 1. The van der Waals surface area contributed by atoms with Gasteiger partial charge in [-0.2, -0.15) is 0 Å². The number of fused-ring (bicyclic) bond motifs is 1. The summed E-state index contributed by atoms with van der Waals surface area (Å²) in [5, 5.41) is 5.63. The Morgan fingerprint density at radius 3 is 1.98 bits per heavy atom. The van der Waals surface area contributed by atoms with Crippen molar-refractivity contribution in [2.24, 2.45) is 4.99 Å². The van der Waals surface area contributed by atoms with Crippen molar-refractivity contribution in [3.63, 3.8) is 0 Å². The van der Waals surface area contributed by atoms with Gasteiger partial charge in [0.25, 0.3) is 21.8 Å². The summed E-state index contributed by atoms with van der Waals surface area (Å²) in [6.45, 7) is 5.31. The molecule has 2 aliphatic heterocycles. The van der Waals surface area contributed by atoms with Gasteiger partial charge < -0.3 is 15.4 Å². The molecule has 2 aromatic rings. The lowest BCUT2D eigenvalue weighted by Gasteiger charge is -2.35. The van der Waals surface area contributed by atoms with Crippen molar-refractivity contribution in [2.75, 3.05) is 19.0 Å². The van der Waals surface area contributed by atoms with Gasteiger partial charge in [0.1, 0.15) is 16.2 Å². The summed E-state index contributed by atoms with van der Waals surface area (Å²) in [7, 11) is -2.79. The first-order chi connectivity index (χ1) is 24.9. The predicted molar refractivity (Wildman–Crippen MR) is 207 cm³/mol. The number of hydrogen-bond donors (Lipinski definition) is 2. The Labute approximate surface area is 315 Å². The molecule has 0 aliphatic carbocycles. The molecule has 13 heteroatoms. The maximum atomic E-state index is 14.3. The maximum absolute atomic E-state index is 14.3. The summed E-state index contributed by atoms with van der Waals surface area (Å²) in [6, 6.07) is 8.29. The SMILES string of the molecule is CCCCCCCCCCCCCCCCCCN1C(C(C(=O)Nc2cc(Cl)ccc2OC)N2C(=O)NC(C)(C)C2=O)=Nc2ccccc2S1(=O)=O. The van der Waals surface area contributed by atoms with Crippen LogP contribution < -0.4 is 15.4 Å². The lowest BCUT2D eigenvalue weighted by Crippen LogP contribution is -2.59. The van der Waals surface area contributed by atoms with Gasteiger partial charge in [-0.25, -0.2) is 23.1 Å². The van der Waals surface area contributed by atoms with E-state index in [1.54, 1.807) is 24.3 Å². The normalized spacial score (nSPS) is 16.7. The molecule has 2 aromatic carbocycles. The highest BCUT2D eigenvalue weighted by molar-refractivity contribution is 7.90. The number of para-hydroxylation sites is 1. The molecule has 2 aliphatic rings.